The van der Waals surface area contributed by atoms with E-state index in [0.29, 0.717) is 30.6 Å². The lowest BCUT2D eigenvalue weighted by atomic mass is 10.2. The molecule has 30 heavy (non-hydrogen) atoms. The van der Waals surface area contributed by atoms with Gasteiger partial charge in [0.25, 0.3) is 11.1 Å². The molecule has 0 N–H and O–H groups in total. The first-order chi connectivity index (χ1) is 14.6. The van der Waals surface area contributed by atoms with Crippen LogP contribution in [0.15, 0.2) is 46.5 Å². The van der Waals surface area contributed by atoms with Crippen LogP contribution in [0.25, 0.3) is 10.9 Å². The summed E-state index contributed by atoms with van der Waals surface area (Å²) >= 11 is 0. The molecule has 0 amide bonds. The first-order valence-corrected chi connectivity index (χ1v) is 10.0. The van der Waals surface area contributed by atoms with Crippen molar-refractivity contribution in [1.82, 2.24) is 24.0 Å². The van der Waals surface area contributed by atoms with E-state index in [0.717, 1.165) is 37.6 Å². The van der Waals surface area contributed by atoms with Crippen molar-refractivity contribution < 1.29 is 4.74 Å². The molecular formula is C21H26N6O3. The predicted molar refractivity (Wildman–Crippen MR) is 115 cm³/mol. The third-order valence-electron chi connectivity index (χ3n) is 5.64. The number of benzene rings is 1. The summed E-state index contributed by atoms with van der Waals surface area (Å²) in [4.78, 5) is 37.5. The van der Waals surface area contributed by atoms with Crippen molar-refractivity contribution in [3.05, 3.63) is 63.3 Å². The second kappa shape index (κ2) is 8.76. The van der Waals surface area contributed by atoms with Crippen LogP contribution >= 0.6 is 0 Å². The smallest absolute Gasteiger partial charge is 0.268 e. The maximum atomic E-state index is 12.6. The number of hydrogen-bond acceptors (Lipinski definition) is 7. The molecule has 3 heterocycles. The number of methoxy groups -OCH3 is 1. The van der Waals surface area contributed by atoms with Gasteiger partial charge in [-0.1, -0.05) is 0 Å². The highest BCUT2D eigenvalue weighted by Gasteiger charge is 2.19. The van der Waals surface area contributed by atoms with Crippen LogP contribution in [-0.4, -0.2) is 63.9 Å². The zero-order chi connectivity index (χ0) is 21.1. The SMILES string of the molecule is COCCn1cnc2cc(N3CCN(Cc4cncc(=O)n4C)CC3)ccc2c1=O. The van der Waals surface area contributed by atoms with Gasteiger partial charge in [-0.05, 0) is 18.2 Å². The Bertz CT molecular complexity index is 1150. The number of hydrogen-bond donors (Lipinski definition) is 0. The Hall–Kier alpha value is -3.04. The fraction of sp³-hybridized carbons (Fsp3) is 0.429. The largest absolute Gasteiger partial charge is 0.383 e. The number of aromatic nitrogens is 4. The van der Waals surface area contributed by atoms with Gasteiger partial charge in [0.2, 0.25) is 0 Å². The van der Waals surface area contributed by atoms with Crippen LogP contribution < -0.4 is 16.0 Å². The Balaban J connectivity index is 1.44. The van der Waals surface area contributed by atoms with Gasteiger partial charge in [-0.3, -0.25) is 24.0 Å². The number of fused-ring (bicyclic) bond motifs is 1. The first-order valence-electron chi connectivity index (χ1n) is 10.0. The van der Waals surface area contributed by atoms with E-state index in [1.54, 1.807) is 35.8 Å². The molecule has 3 aromatic rings. The third-order valence-corrected chi connectivity index (χ3v) is 5.64. The molecule has 0 atom stereocenters. The Kier molecular flexibility index (Phi) is 5.91. The van der Waals surface area contributed by atoms with E-state index < -0.39 is 0 Å². The Labute approximate surface area is 174 Å². The lowest BCUT2D eigenvalue weighted by Gasteiger charge is -2.36. The summed E-state index contributed by atoms with van der Waals surface area (Å²) in [6, 6.07) is 5.84. The molecule has 0 spiro atoms. The Morgan fingerprint density at radius 3 is 2.67 bits per heavy atom. The molecule has 9 nitrogen and oxygen atoms in total. The van der Waals surface area contributed by atoms with E-state index in [1.807, 2.05) is 18.2 Å². The molecule has 1 aliphatic rings. The molecule has 0 aliphatic carbocycles. The number of anilines is 1. The zero-order valence-electron chi connectivity index (χ0n) is 17.3. The summed E-state index contributed by atoms with van der Waals surface area (Å²) in [5.41, 5.74) is 2.55. The lowest BCUT2D eigenvalue weighted by Crippen LogP contribution is -2.46. The van der Waals surface area contributed by atoms with Gasteiger partial charge in [0, 0.05) is 58.8 Å². The minimum absolute atomic E-state index is 0.0458. The highest BCUT2D eigenvalue weighted by Crippen LogP contribution is 2.21. The van der Waals surface area contributed by atoms with Crippen molar-refractivity contribution in [3.8, 4) is 0 Å². The molecule has 158 valence electrons. The molecule has 2 aromatic heterocycles. The maximum absolute atomic E-state index is 12.6. The fourth-order valence-electron chi connectivity index (χ4n) is 3.73. The van der Waals surface area contributed by atoms with Crippen LogP contribution in [0.3, 0.4) is 0 Å². The highest BCUT2D eigenvalue weighted by atomic mass is 16.5. The topological polar surface area (TPSA) is 85.5 Å². The molecule has 1 saturated heterocycles. The van der Waals surface area contributed by atoms with Gasteiger partial charge in [0.05, 0.1) is 42.3 Å². The quantitative estimate of drug-likeness (QED) is 0.584. The highest BCUT2D eigenvalue weighted by molar-refractivity contribution is 5.81. The van der Waals surface area contributed by atoms with Gasteiger partial charge in [-0.15, -0.1) is 0 Å². The minimum atomic E-state index is -0.0870. The number of rotatable bonds is 6. The number of nitrogens with zero attached hydrogens (tertiary/aromatic N) is 6. The van der Waals surface area contributed by atoms with E-state index in [4.69, 9.17) is 4.74 Å². The van der Waals surface area contributed by atoms with Gasteiger partial charge in [-0.25, -0.2) is 4.98 Å². The van der Waals surface area contributed by atoms with Gasteiger partial charge in [0.15, 0.2) is 0 Å². The fourth-order valence-corrected chi connectivity index (χ4v) is 3.73. The van der Waals surface area contributed by atoms with Crippen LogP contribution in [0.2, 0.25) is 0 Å². The summed E-state index contributed by atoms with van der Waals surface area (Å²) in [7, 11) is 3.39. The normalized spacial score (nSPS) is 15.1. The first kappa shape index (κ1) is 20.2. The molecule has 0 saturated carbocycles. The molecule has 4 rings (SSSR count). The maximum Gasteiger partial charge on any atom is 0.268 e. The number of piperazine rings is 1. The molecule has 0 unspecified atom stereocenters. The van der Waals surface area contributed by atoms with E-state index >= 15 is 0 Å². The van der Waals surface area contributed by atoms with Gasteiger partial charge in [0.1, 0.15) is 0 Å². The van der Waals surface area contributed by atoms with Crippen molar-refractivity contribution in [2.75, 3.05) is 44.8 Å². The van der Waals surface area contributed by atoms with Crippen molar-refractivity contribution in [2.45, 2.75) is 13.1 Å². The molecule has 1 aromatic carbocycles. The summed E-state index contributed by atoms with van der Waals surface area (Å²) in [6.45, 7) is 5.16. The summed E-state index contributed by atoms with van der Waals surface area (Å²) in [5.74, 6) is 0. The molecule has 1 aliphatic heterocycles. The average Bonchev–Trinajstić information content (AvgIpc) is 2.77. The van der Waals surface area contributed by atoms with Crippen LogP contribution in [0, 0.1) is 0 Å². The third kappa shape index (κ3) is 4.12. The Morgan fingerprint density at radius 1 is 1.10 bits per heavy atom. The van der Waals surface area contributed by atoms with Crippen molar-refractivity contribution in [1.29, 1.82) is 0 Å². The predicted octanol–water partition coefficient (Wildman–Crippen LogP) is 0.459. The minimum Gasteiger partial charge on any atom is -0.383 e. The average molecular weight is 410 g/mol. The van der Waals surface area contributed by atoms with Gasteiger partial charge in [-0.2, -0.15) is 0 Å². The lowest BCUT2D eigenvalue weighted by molar-refractivity contribution is 0.186. The molecular weight excluding hydrogens is 384 g/mol. The zero-order valence-corrected chi connectivity index (χ0v) is 17.3. The van der Waals surface area contributed by atoms with Crippen molar-refractivity contribution >= 4 is 16.6 Å². The van der Waals surface area contributed by atoms with Crippen molar-refractivity contribution in [3.63, 3.8) is 0 Å². The summed E-state index contributed by atoms with van der Waals surface area (Å²) in [5, 5.41) is 0.619. The molecule has 0 bridgehead atoms. The molecule has 9 heteroatoms. The van der Waals surface area contributed by atoms with E-state index in [9.17, 15) is 9.59 Å². The summed E-state index contributed by atoms with van der Waals surface area (Å²) < 4.78 is 8.28. The van der Waals surface area contributed by atoms with E-state index in [2.05, 4.69) is 19.8 Å². The summed E-state index contributed by atoms with van der Waals surface area (Å²) in [6.07, 6.45) is 4.67. The standard InChI is InChI=1S/C21H26N6O3/c1-24-17(12-22-13-20(24)28)14-25-5-7-26(8-6-25)16-3-4-18-19(11-16)23-15-27(21(18)29)9-10-30-2/h3-4,11-13,15H,5-10,14H2,1-2H3. The Morgan fingerprint density at radius 2 is 1.90 bits per heavy atom. The van der Waals surface area contributed by atoms with Crippen LogP contribution in [0.4, 0.5) is 5.69 Å². The molecule has 0 radical (unpaired) electrons. The van der Waals surface area contributed by atoms with Gasteiger partial charge < -0.3 is 14.2 Å². The monoisotopic (exact) mass is 410 g/mol. The van der Waals surface area contributed by atoms with E-state index in [-0.39, 0.29) is 11.1 Å². The van der Waals surface area contributed by atoms with E-state index in [1.165, 1.54) is 6.20 Å². The van der Waals surface area contributed by atoms with Crippen molar-refractivity contribution in [2.24, 2.45) is 7.05 Å². The van der Waals surface area contributed by atoms with Gasteiger partial charge >= 0.3 is 0 Å². The molecule has 1 fully saturated rings. The van der Waals surface area contributed by atoms with Crippen LogP contribution in [0.1, 0.15) is 5.69 Å². The van der Waals surface area contributed by atoms with Crippen LogP contribution in [0.5, 0.6) is 0 Å². The number of ether oxygens (including phenoxy) is 1. The second-order valence-corrected chi connectivity index (χ2v) is 7.50. The van der Waals surface area contributed by atoms with Crippen LogP contribution in [-0.2, 0) is 24.9 Å². The second-order valence-electron chi connectivity index (χ2n) is 7.50.